The summed E-state index contributed by atoms with van der Waals surface area (Å²) in [6.45, 7) is 0. The van der Waals surface area contributed by atoms with E-state index in [2.05, 4.69) is 47.4 Å². The number of anilines is 1. The maximum absolute atomic E-state index is 6.06. The lowest BCUT2D eigenvalue weighted by Gasteiger charge is -2.09. The van der Waals surface area contributed by atoms with Gasteiger partial charge in [0.2, 0.25) is 0 Å². The molecular weight excluding hydrogens is 421 g/mol. The highest BCUT2D eigenvalue weighted by Gasteiger charge is 2.16. The molecule has 0 aliphatic heterocycles. The van der Waals surface area contributed by atoms with Gasteiger partial charge in [0, 0.05) is 25.2 Å². The van der Waals surface area contributed by atoms with Crippen LogP contribution in [0.4, 0.5) is 5.69 Å². The van der Waals surface area contributed by atoms with Gasteiger partial charge in [-0.15, -0.1) is 5.10 Å². The van der Waals surface area contributed by atoms with Gasteiger partial charge in [0.05, 0.1) is 5.69 Å². The normalized spacial score (nSPS) is 10.8. The van der Waals surface area contributed by atoms with Crippen molar-refractivity contribution in [1.29, 1.82) is 0 Å². The van der Waals surface area contributed by atoms with Crippen LogP contribution in [0.5, 0.6) is 0 Å². The summed E-state index contributed by atoms with van der Waals surface area (Å²) in [6, 6.07) is 10.9. The molecule has 0 unspecified atom stereocenters. The SMILES string of the molecule is Nc1ccc(Br)c(-c2nnnn2-c2cc(Cl)ccc2Br)c1. The minimum Gasteiger partial charge on any atom is -0.399 e. The van der Waals surface area contributed by atoms with Crippen LogP contribution in [-0.2, 0) is 0 Å². The highest BCUT2D eigenvalue weighted by Crippen LogP contribution is 2.32. The molecule has 106 valence electrons. The third kappa shape index (κ3) is 2.81. The summed E-state index contributed by atoms with van der Waals surface area (Å²) in [5.74, 6) is 0.567. The summed E-state index contributed by atoms with van der Waals surface area (Å²) >= 11 is 13.0. The first kappa shape index (κ1) is 14.5. The molecule has 3 aromatic rings. The number of nitrogens with zero attached hydrogens (tertiary/aromatic N) is 4. The van der Waals surface area contributed by atoms with Crippen LogP contribution in [0, 0.1) is 0 Å². The molecular formula is C13H8Br2ClN5. The molecule has 2 N–H and O–H groups in total. The van der Waals surface area contributed by atoms with Crippen LogP contribution in [0.3, 0.4) is 0 Å². The van der Waals surface area contributed by atoms with E-state index in [0.717, 1.165) is 20.2 Å². The molecule has 0 atom stereocenters. The molecule has 0 aliphatic rings. The first-order valence-electron chi connectivity index (χ1n) is 5.85. The van der Waals surface area contributed by atoms with Gasteiger partial charge in [0.15, 0.2) is 5.82 Å². The van der Waals surface area contributed by atoms with Crippen LogP contribution >= 0.6 is 43.5 Å². The summed E-state index contributed by atoms with van der Waals surface area (Å²) in [5, 5.41) is 12.5. The molecule has 0 amide bonds. The number of benzene rings is 2. The van der Waals surface area contributed by atoms with Crippen molar-refractivity contribution in [2.75, 3.05) is 5.73 Å². The van der Waals surface area contributed by atoms with Crippen molar-refractivity contribution >= 4 is 49.1 Å². The van der Waals surface area contributed by atoms with Gasteiger partial charge in [-0.25, -0.2) is 0 Å². The van der Waals surface area contributed by atoms with E-state index in [1.165, 1.54) is 0 Å². The van der Waals surface area contributed by atoms with Gasteiger partial charge in [-0.05, 0) is 62.8 Å². The van der Waals surface area contributed by atoms with Crippen LogP contribution < -0.4 is 5.73 Å². The molecule has 0 fully saturated rings. The van der Waals surface area contributed by atoms with Gasteiger partial charge in [-0.3, -0.25) is 0 Å². The van der Waals surface area contributed by atoms with Gasteiger partial charge in [0.1, 0.15) is 0 Å². The number of nitrogens with two attached hydrogens (primary N) is 1. The summed E-state index contributed by atoms with van der Waals surface area (Å²) in [4.78, 5) is 0. The molecule has 0 saturated carbocycles. The van der Waals surface area contributed by atoms with Crippen molar-refractivity contribution in [2.45, 2.75) is 0 Å². The molecule has 0 spiro atoms. The maximum Gasteiger partial charge on any atom is 0.188 e. The van der Waals surface area contributed by atoms with Crippen LogP contribution in [0.15, 0.2) is 45.3 Å². The molecule has 1 heterocycles. The predicted molar refractivity (Wildman–Crippen MR) is 89.4 cm³/mol. The fraction of sp³-hybridized carbons (Fsp3) is 0. The highest BCUT2D eigenvalue weighted by molar-refractivity contribution is 9.11. The van der Waals surface area contributed by atoms with Gasteiger partial charge >= 0.3 is 0 Å². The lowest BCUT2D eigenvalue weighted by atomic mass is 10.2. The van der Waals surface area contributed by atoms with Gasteiger partial charge in [0.25, 0.3) is 0 Å². The van der Waals surface area contributed by atoms with E-state index in [1.54, 1.807) is 22.9 Å². The number of rotatable bonds is 2. The number of tetrazole rings is 1. The molecule has 0 radical (unpaired) electrons. The summed E-state index contributed by atoms with van der Waals surface area (Å²) in [7, 11) is 0. The zero-order valence-electron chi connectivity index (χ0n) is 10.5. The third-order valence-electron chi connectivity index (χ3n) is 2.84. The van der Waals surface area contributed by atoms with Crippen molar-refractivity contribution in [2.24, 2.45) is 0 Å². The Balaban J connectivity index is 2.22. The van der Waals surface area contributed by atoms with Crippen LogP contribution in [0.2, 0.25) is 5.02 Å². The molecule has 5 nitrogen and oxygen atoms in total. The lowest BCUT2D eigenvalue weighted by Crippen LogP contribution is -2.01. The lowest BCUT2D eigenvalue weighted by molar-refractivity contribution is 0.789. The average Bonchev–Trinajstić information content (AvgIpc) is 2.93. The second kappa shape index (κ2) is 5.75. The van der Waals surface area contributed by atoms with E-state index < -0.39 is 0 Å². The second-order valence-electron chi connectivity index (χ2n) is 4.25. The summed E-state index contributed by atoms with van der Waals surface area (Å²) in [6.07, 6.45) is 0. The van der Waals surface area contributed by atoms with E-state index in [4.69, 9.17) is 17.3 Å². The number of nitrogen functional groups attached to an aromatic ring is 1. The quantitative estimate of drug-likeness (QED) is 0.623. The molecule has 0 saturated heterocycles. The molecule has 0 aliphatic carbocycles. The Labute approximate surface area is 142 Å². The van der Waals surface area contributed by atoms with E-state index in [9.17, 15) is 0 Å². The fourth-order valence-electron chi connectivity index (χ4n) is 1.88. The average molecular weight is 430 g/mol. The fourth-order valence-corrected chi connectivity index (χ4v) is 2.88. The zero-order valence-corrected chi connectivity index (χ0v) is 14.4. The zero-order chi connectivity index (χ0) is 15.0. The van der Waals surface area contributed by atoms with Crippen molar-refractivity contribution in [1.82, 2.24) is 20.2 Å². The van der Waals surface area contributed by atoms with Crippen LogP contribution in [0.25, 0.3) is 17.1 Å². The molecule has 2 aromatic carbocycles. The van der Waals surface area contributed by atoms with E-state index in [1.807, 2.05) is 18.2 Å². The van der Waals surface area contributed by atoms with E-state index in [0.29, 0.717) is 16.5 Å². The Morgan fingerprint density at radius 3 is 2.62 bits per heavy atom. The Hall–Kier alpha value is -1.44. The first-order valence-corrected chi connectivity index (χ1v) is 7.82. The second-order valence-corrected chi connectivity index (χ2v) is 6.39. The van der Waals surface area contributed by atoms with Crippen molar-refractivity contribution in [3.8, 4) is 17.1 Å². The number of hydrogen-bond acceptors (Lipinski definition) is 4. The first-order chi connectivity index (χ1) is 10.1. The molecule has 21 heavy (non-hydrogen) atoms. The topological polar surface area (TPSA) is 69.6 Å². The van der Waals surface area contributed by atoms with Crippen LogP contribution in [-0.4, -0.2) is 20.2 Å². The predicted octanol–water partition coefficient (Wildman–Crippen LogP) is 4.09. The van der Waals surface area contributed by atoms with Crippen LogP contribution in [0.1, 0.15) is 0 Å². The largest absolute Gasteiger partial charge is 0.399 e. The minimum absolute atomic E-state index is 0.567. The summed E-state index contributed by atoms with van der Waals surface area (Å²) < 4.78 is 3.29. The van der Waals surface area contributed by atoms with E-state index >= 15 is 0 Å². The highest BCUT2D eigenvalue weighted by atomic mass is 79.9. The Morgan fingerprint density at radius 1 is 1.05 bits per heavy atom. The molecule has 3 rings (SSSR count). The smallest absolute Gasteiger partial charge is 0.188 e. The number of aromatic nitrogens is 4. The maximum atomic E-state index is 6.06. The van der Waals surface area contributed by atoms with Gasteiger partial charge < -0.3 is 5.73 Å². The molecule has 1 aromatic heterocycles. The van der Waals surface area contributed by atoms with Crippen molar-refractivity contribution < 1.29 is 0 Å². The molecule has 8 heteroatoms. The van der Waals surface area contributed by atoms with Crippen molar-refractivity contribution in [3.05, 3.63) is 50.4 Å². The Morgan fingerprint density at radius 2 is 1.81 bits per heavy atom. The third-order valence-corrected chi connectivity index (χ3v) is 4.43. The standard InChI is InChI=1S/C13H8Br2ClN5/c14-10-4-2-8(17)6-9(10)13-18-19-20-21(13)12-5-7(16)1-3-11(12)15/h1-6H,17H2. The van der Waals surface area contributed by atoms with Crippen molar-refractivity contribution in [3.63, 3.8) is 0 Å². The minimum atomic E-state index is 0.567. The number of hydrogen-bond donors (Lipinski definition) is 1. The summed E-state index contributed by atoms with van der Waals surface area (Å²) in [5.41, 5.74) is 8.02. The monoisotopic (exact) mass is 427 g/mol. The van der Waals surface area contributed by atoms with E-state index in [-0.39, 0.29) is 0 Å². The van der Waals surface area contributed by atoms with Gasteiger partial charge in [-0.2, -0.15) is 4.68 Å². The number of halogens is 3. The van der Waals surface area contributed by atoms with Gasteiger partial charge in [-0.1, -0.05) is 27.5 Å². The Kier molecular flexibility index (Phi) is 3.97. The Bertz CT molecular complexity index is 752. The molecule has 0 bridgehead atoms.